The lowest BCUT2D eigenvalue weighted by atomic mass is 9.74. The van der Waals surface area contributed by atoms with Crippen LogP contribution >= 0.6 is 0 Å². The molecule has 0 spiro atoms. The van der Waals surface area contributed by atoms with Gasteiger partial charge in [-0.15, -0.1) is 0 Å². The molecule has 0 N–H and O–H groups in total. The summed E-state index contributed by atoms with van der Waals surface area (Å²) < 4.78 is 0. The van der Waals surface area contributed by atoms with E-state index in [9.17, 15) is 0 Å². The number of anilines is 3. The molecular weight excluding hydrogens is 783 g/mol. The summed E-state index contributed by atoms with van der Waals surface area (Å²) in [4.78, 5) is 2.52. The van der Waals surface area contributed by atoms with Crippen molar-refractivity contribution in [2.24, 2.45) is 0 Å². The molecule has 1 heteroatoms. The molecule has 10 aromatic rings. The molecule has 0 radical (unpaired) electrons. The Labute approximate surface area is 383 Å². The van der Waals surface area contributed by atoms with E-state index < -0.39 is 0 Å². The third kappa shape index (κ3) is 6.69. The summed E-state index contributed by atoms with van der Waals surface area (Å²) in [5.74, 6) is 0.577. The Hall–Kier alpha value is -7.48. The fourth-order valence-corrected chi connectivity index (χ4v) is 11.5. The molecule has 312 valence electrons. The van der Waals surface area contributed by atoms with Gasteiger partial charge in [0.05, 0.1) is 11.4 Å². The number of para-hydroxylation sites is 2. The maximum Gasteiger partial charge on any atom is 0.0540 e. The summed E-state index contributed by atoms with van der Waals surface area (Å²) in [7, 11) is 0. The van der Waals surface area contributed by atoms with Gasteiger partial charge in [-0.3, -0.25) is 0 Å². The molecule has 10 aromatic carbocycles. The van der Waals surface area contributed by atoms with E-state index in [0.29, 0.717) is 5.92 Å². The van der Waals surface area contributed by atoms with E-state index in [4.69, 9.17) is 0 Å². The number of hydrogen-bond acceptors (Lipinski definition) is 1. The van der Waals surface area contributed by atoms with Gasteiger partial charge in [0.2, 0.25) is 0 Å². The van der Waals surface area contributed by atoms with Crippen molar-refractivity contribution in [1.82, 2.24) is 0 Å². The lowest BCUT2D eigenvalue weighted by Crippen LogP contribution is -2.22. The van der Waals surface area contributed by atoms with Crippen LogP contribution in [0.3, 0.4) is 0 Å². The minimum Gasteiger partial charge on any atom is -0.309 e. The first-order valence-electron chi connectivity index (χ1n) is 23.5. The van der Waals surface area contributed by atoms with E-state index in [-0.39, 0.29) is 5.41 Å². The van der Waals surface area contributed by atoms with E-state index in [2.05, 4.69) is 236 Å². The van der Waals surface area contributed by atoms with Crippen LogP contribution in [0.15, 0.2) is 224 Å². The van der Waals surface area contributed by atoms with Gasteiger partial charge in [0, 0.05) is 22.2 Å². The van der Waals surface area contributed by atoms with E-state index >= 15 is 0 Å². The van der Waals surface area contributed by atoms with Crippen molar-refractivity contribution in [1.29, 1.82) is 0 Å². The van der Waals surface area contributed by atoms with Gasteiger partial charge in [0.25, 0.3) is 0 Å². The first kappa shape index (κ1) is 39.1. The summed E-state index contributed by atoms with van der Waals surface area (Å²) in [6, 6.07) is 84.0. The minimum absolute atomic E-state index is 0.298. The zero-order chi connectivity index (χ0) is 43.3. The third-order valence-electron chi connectivity index (χ3n) is 14.7. The Kier molecular flexibility index (Phi) is 9.79. The molecule has 1 atom stereocenters. The number of nitrogens with zero attached hydrogens (tertiary/aromatic N) is 1. The standard InChI is InChI=1S/C64H51N/c1-64(51-24-6-3-7-25-51)59-31-13-10-27-55(59)56-41-38-50(43-60(56)64)53-26-11-14-32-61(53)65(52-39-36-45(37-40-52)49-35-34-44-18-8-9-21-48(44)42-49)62-33-15-12-28-57(62)58-30-17-23-47-22-16-29-54(63(47)58)46-19-4-2-5-20-46/h3,6-18,21-43,46H,2,4-5,19-20H2,1H3. The minimum atomic E-state index is -0.298. The van der Waals surface area contributed by atoms with Crippen LogP contribution in [-0.2, 0) is 5.41 Å². The van der Waals surface area contributed by atoms with Crippen molar-refractivity contribution < 1.29 is 0 Å². The average Bonchev–Trinajstić information content (AvgIpc) is 3.64. The SMILES string of the molecule is CC1(c2ccccc2)c2ccccc2-c2ccc(-c3ccccc3N(c3ccc(-c4ccc5ccccc5c4)cc3)c3ccccc3-c3cccc4cccc(C5CCCCC5)c34)cc21. The van der Waals surface area contributed by atoms with E-state index in [1.807, 2.05) is 0 Å². The second kappa shape index (κ2) is 16.3. The summed E-state index contributed by atoms with van der Waals surface area (Å²) in [6.07, 6.45) is 6.46. The molecule has 1 nitrogen and oxygen atoms in total. The predicted octanol–water partition coefficient (Wildman–Crippen LogP) is 17.8. The molecule has 65 heavy (non-hydrogen) atoms. The van der Waals surface area contributed by atoms with Gasteiger partial charge in [-0.2, -0.15) is 0 Å². The number of rotatable bonds is 8. The third-order valence-corrected chi connectivity index (χ3v) is 14.7. The highest BCUT2D eigenvalue weighted by Crippen LogP contribution is 2.54. The molecule has 12 rings (SSSR count). The number of hydrogen-bond donors (Lipinski definition) is 0. The van der Waals surface area contributed by atoms with Crippen molar-refractivity contribution in [3.63, 3.8) is 0 Å². The van der Waals surface area contributed by atoms with Crippen molar-refractivity contribution in [3.8, 4) is 44.5 Å². The van der Waals surface area contributed by atoms with E-state index in [1.54, 1.807) is 0 Å². The molecule has 0 amide bonds. The molecule has 0 heterocycles. The summed E-state index contributed by atoms with van der Waals surface area (Å²) in [6.45, 7) is 2.41. The molecule has 1 saturated carbocycles. The van der Waals surface area contributed by atoms with Crippen molar-refractivity contribution in [3.05, 3.63) is 247 Å². The van der Waals surface area contributed by atoms with Crippen LogP contribution in [0.5, 0.6) is 0 Å². The van der Waals surface area contributed by atoms with Crippen LogP contribution in [0.4, 0.5) is 17.1 Å². The Morgan fingerprint density at radius 3 is 1.77 bits per heavy atom. The van der Waals surface area contributed by atoms with Gasteiger partial charge in [0.15, 0.2) is 0 Å². The molecular formula is C64H51N. The lowest BCUT2D eigenvalue weighted by Gasteiger charge is -2.31. The largest absolute Gasteiger partial charge is 0.309 e. The van der Waals surface area contributed by atoms with Crippen LogP contribution < -0.4 is 4.90 Å². The molecule has 0 bridgehead atoms. The van der Waals surface area contributed by atoms with Gasteiger partial charge in [-0.05, 0) is 139 Å². The number of benzene rings is 10. The highest BCUT2D eigenvalue weighted by molar-refractivity contribution is 6.04. The molecule has 0 saturated heterocycles. The molecule has 1 fully saturated rings. The van der Waals surface area contributed by atoms with Gasteiger partial charge in [-0.1, -0.05) is 207 Å². The Morgan fingerprint density at radius 1 is 0.385 bits per heavy atom. The van der Waals surface area contributed by atoms with Crippen LogP contribution in [0.2, 0.25) is 0 Å². The molecule has 2 aliphatic carbocycles. The van der Waals surface area contributed by atoms with E-state index in [0.717, 1.165) is 17.1 Å². The first-order chi connectivity index (χ1) is 32.1. The number of fused-ring (bicyclic) bond motifs is 5. The fourth-order valence-electron chi connectivity index (χ4n) is 11.5. The van der Waals surface area contributed by atoms with E-state index in [1.165, 1.54) is 120 Å². The van der Waals surface area contributed by atoms with Crippen molar-refractivity contribution in [2.75, 3.05) is 4.90 Å². The van der Waals surface area contributed by atoms with Gasteiger partial charge < -0.3 is 4.90 Å². The van der Waals surface area contributed by atoms with Crippen LogP contribution in [-0.4, -0.2) is 0 Å². The quantitative estimate of drug-likeness (QED) is 0.147. The van der Waals surface area contributed by atoms with Crippen LogP contribution in [0, 0.1) is 0 Å². The highest BCUT2D eigenvalue weighted by Gasteiger charge is 2.41. The smallest absolute Gasteiger partial charge is 0.0540 e. The first-order valence-corrected chi connectivity index (χ1v) is 23.5. The average molecular weight is 834 g/mol. The zero-order valence-corrected chi connectivity index (χ0v) is 36.9. The highest BCUT2D eigenvalue weighted by atomic mass is 15.1. The van der Waals surface area contributed by atoms with Gasteiger partial charge >= 0.3 is 0 Å². The molecule has 0 aromatic heterocycles. The van der Waals surface area contributed by atoms with Gasteiger partial charge in [-0.25, -0.2) is 0 Å². The molecule has 1 unspecified atom stereocenters. The topological polar surface area (TPSA) is 3.24 Å². The van der Waals surface area contributed by atoms with Crippen molar-refractivity contribution >= 4 is 38.6 Å². The Morgan fingerprint density at radius 2 is 0.969 bits per heavy atom. The Bertz CT molecular complexity index is 3370. The van der Waals surface area contributed by atoms with Crippen LogP contribution in [0.1, 0.15) is 67.2 Å². The summed E-state index contributed by atoms with van der Waals surface area (Å²) >= 11 is 0. The second-order valence-electron chi connectivity index (χ2n) is 18.4. The summed E-state index contributed by atoms with van der Waals surface area (Å²) in [5.41, 5.74) is 18.6. The maximum atomic E-state index is 2.52. The Balaban J connectivity index is 1.06. The summed E-state index contributed by atoms with van der Waals surface area (Å²) in [5, 5.41) is 5.22. The van der Waals surface area contributed by atoms with Crippen molar-refractivity contribution in [2.45, 2.75) is 50.4 Å². The second-order valence-corrected chi connectivity index (χ2v) is 18.4. The monoisotopic (exact) mass is 833 g/mol. The maximum absolute atomic E-state index is 2.52. The normalized spacial score (nSPS) is 15.8. The molecule has 2 aliphatic rings. The van der Waals surface area contributed by atoms with Crippen LogP contribution in [0.25, 0.3) is 66.1 Å². The lowest BCUT2D eigenvalue weighted by molar-refractivity contribution is 0.445. The zero-order valence-electron chi connectivity index (χ0n) is 36.9. The predicted molar refractivity (Wildman–Crippen MR) is 276 cm³/mol. The fraction of sp³-hybridized carbons (Fsp3) is 0.125. The molecule has 0 aliphatic heterocycles. The van der Waals surface area contributed by atoms with Gasteiger partial charge in [0.1, 0.15) is 0 Å².